The van der Waals surface area contributed by atoms with Gasteiger partial charge in [-0.1, -0.05) is 6.92 Å². The predicted molar refractivity (Wildman–Crippen MR) is 82.4 cm³/mol. The Hall–Kier alpha value is -2.21. The molecule has 1 unspecified atom stereocenters. The van der Waals surface area contributed by atoms with E-state index in [-0.39, 0.29) is 23.1 Å². The highest BCUT2D eigenvalue weighted by Gasteiger charge is 2.18. The molecule has 0 saturated heterocycles. The van der Waals surface area contributed by atoms with Crippen molar-refractivity contribution < 1.29 is 10.0 Å². The minimum absolute atomic E-state index is 0.0656. The highest BCUT2D eigenvalue weighted by Crippen LogP contribution is 2.32. The fraction of sp³-hybridized carbons (Fsp3) is 0.400. The van der Waals surface area contributed by atoms with Crippen LogP contribution in [-0.2, 0) is 0 Å². The Morgan fingerprint density at radius 2 is 2.24 bits per heavy atom. The van der Waals surface area contributed by atoms with Gasteiger partial charge in [-0.15, -0.1) is 0 Å². The molecule has 1 aromatic heterocycles. The number of pyridine rings is 1. The molecule has 1 heterocycles. The first-order chi connectivity index (χ1) is 10.1. The lowest BCUT2D eigenvalue weighted by Gasteiger charge is -2.10. The number of hydrogen-bond acceptors (Lipinski definition) is 5. The van der Waals surface area contributed by atoms with Gasteiger partial charge in [-0.25, -0.2) is 0 Å². The highest BCUT2D eigenvalue weighted by atomic mass is 16.6. The maximum absolute atomic E-state index is 11.3. The summed E-state index contributed by atoms with van der Waals surface area (Å²) in [6.45, 7) is 2.78. The Kier molecular flexibility index (Phi) is 5.05. The molecule has 0 spiro atoms. The zero-order valence-electron chi connectivity index (χ0n) is 12.0. The number of aliphatic hydroxyl groups is 1. The van der Waals surface area contributed by atoms with E-state index in [0.717, 1.165) is 12.8 Å². The van der Waals surface area contributed by atoms with E-state index in [1.165, 1.54) is 0 Å². The normalized spacial score (nSPS) is 12.3. The van der Waals surface area contributed by atoms with E-state index in [1.807, 2.05) is 6.92 Å². The van der Waals surface area contributed by atoms with Gasteiger partial charge in [0.15, 0.2) is 0 Å². The van der Waals surface area contributed by atoms with Crippen LogP contribution in [0.2, 0.25) is 0 Å². The van der Waals surface area contributed by atoms with Crippen molar-refractivity contribution in [2.75, 3.05) is 18.5 Å². The lowest BCUT2D eigenvalue weighted by molar-refractivity contribution is -0.382. The van der Waals surface area contributed by atoms with Gasteiger partial charge in [0, 0.05) is 19.3 Å². The minimum Gasteiger partial charge on any atom is -0.396 e. The Labute approximate surface area is 123 Å². The van der Waals surface area contributed by atoms with Gasteiger partial charge in [0.1, 0.15) is 5.69 Å². The third kappa shape index (κ3) is 3.66. The Balaban J connectivity index is 2.16. The van der Waals surface area contributed by atoms with Crippen LogP contribution in [0.15, 0.2) is 30.5 Å². The SMILES string of the molecule is CC(CO)CCCNc1ccc2ncccc2c1[N+](=O)[O-]. The Morgan fingerprint density at radius 1 is 1.43 bits per heavy atom. The summed E-state index contributed by atoms with van der Waals surface area (Å²) in [5.74, 6) is 0.252. The zero-order valence-corrected chi connectivity index (χ0v) is 12.0. The lowest BCUT2D eigenvalue weighted by Crippen LogP contribution is -2.08. The number of rotatable bonds is 7. The van der Waals surface area contributed by atoms with E-state index in [2.05, 4.69) is 10.3 Å². The molecule has 0 aliphatic carbocycles. The van der Waals surface area contributed by atoms with Crippen molar-refractivity contribution in [3.05, 3.63) is 40.6 Å². The number of aliphatic hydroxyl groups excluding tert-OH is 1. The van der Waals surface area contributed by atoms with Gasteiger partial charge in [0.2, 0.25) is 0 Å². The summed E-state index contributed by atoms with van der Waals surface area (Å²) in [4.78, 5) is 15.1. The molecule has 6 heteroatoms. The summed E-state index contributed by atoms with van der Waals surface area (Å²) in [5, 5.41) is 24.0. The second-order valence-electron chi connectivity index (χ2n) is 5.15. The molecular weight excluding hydrogens is 270 g/mol. The van der Waals surface area contributed by atoms with Crippen LogP contribution in [0.1, 0.15) is 19.8 Å². The van der Waals surface area contributed by atoms with Gasteiger partial charge in [-0.3, -0.25) is 15.1 Å². The maximum atomic E-state index is 11.3. The third-order valence-corrected chi connectivity index (χ3v) is 3.44. The topological polar surface area (TPSA) is 88.3 Å². The molecule has 0 aliphatic rings. The first kappa shape index (κ1) is 15.2. The van der Waals surface area contributed by atoms with Gasteiger partial charge in [-0.2, -0.15) is 0 Å². The molecule has 2 rings (SSSR count). The molecule has 0 fully saturated rings. The quantitative estimate of drug-likeness (QED) is 0.465. The molecule has 112 valence electrons. The molecule has 1 aromatic carbocycles. The van der Waals surface area contributed by atoms with E-state index in [4.69, 9.17) is 5.11 Å². The largest absolute Gasteiger partial charge is 0.396 e. The number of hydrogen-bond donors (Lipinski definition) is 2. The molecule has 21 heavy (non-hydrogen) atoms. The molecule has 0 radical (unpaired) electrons. The fourth-order valence-electron chi connectivity index (χ4n) is 2.24. The number of benzene rings is 1. The predicted octanol–water partition coefficient (Wildman–Crippen LogP) is 2.96. The second-order valence-corrected chi connectivity index (χ2v) is 5.15. The lowest BCUT2D eigenvalue weighted by atomic mass is 10.1. The maximum Gasteiger partial charge on any atom is 0.301 e. The average molecular weight is 289 g/mol. The first-order valence-corrected chi connectivity index (χ1v) is 7.00. The van der Waals surface area contributed by atoms with Crippen molar-refractivity contribution in [2.45, 2.75) is 19.8 Å². The number of anilines is 1. The molecule has 0 aliphatic heterocycles. The summed E-state index contributed by atoms with van der Waals surface area (Å²) in [7, 11) is 0. The molecule has 0 amide bonds. The molecule has 0 bridgehead atoms. The summed E-state index contributed by atoms with van der Waals surface area (Å²) >= 11 is 0. The van der Waals surface area contributed by atoms with E-state index in [1.54, 1.807) is 30.5 Å². The van der Waals surface area contributed by atoms with Crippen LogP contribution in [-0.4, -0.2) is 28.2 Å². The Bertz CT molecular complexity index is 631. The minimum atomic E-state index is -0.372. The summed E-state index contributed by atoms with van der Waals surface area (Å²) in [6, 6.07) is 6.88. The molecular formula is C15H19N3O3. The van der Waals surface area contributed by atoms with Gasteiger partial charge < -0.3 is 10.4 Å². The summed E-state index contributed by atoms with van der Waals surface area (Å²) in [5.41, 5.74) is 1.19. The number of nitro groups is 1. The highest BCUT2D eigenvalue weighted by molar-refractivity contribution is 5.94. The van der Waals surface area contributed by atoms with Gasteiger partial charge in [0.25, 0.3) is 0 Å². The first-order valence-electron chi connectivity index (χ1n) is 7.00. The van der Waals surface area contributed by atoms with E-state index < -0.39 is 0 Å². The summed E-state index contributed by atoms with van der Waals surface area (Å²) in [6.07, 6.45) is 3.35. The second kappa shape index (κ2) is 6.99. The van der Waals surface area contributed by atoms with Crippen molar-refractivity contribution in [2.24, 2.45) is 5.92 Å². The van der Waals surface area contributed by atoms with Crippen LogP contribution in [0.4, 0.5) is 11.4 Å². The molecule has 2 N–H and O–H groups in total. The number of aromatic nitrogens is 1. The zero-order chi connectivity index (χ0) is 15.2. The number of nitro benzene ring substituents is 1. The van der Waals surface area contributed by atoms with E-state index >= 15 is 0 Å². The van der Waals surface area contributed by atoms with Gasteiger partial charge in [0.05, 0.1) is 15.8 Å². The van der Waals surface area contributed by atoms with Crippen LogP contribution < -0.4 is 5.32 Å². The monoisotopic (exact) mass is 289 g/mol. The Morgan fingerprint density at radius 3 is 2.95 bits per heavy atom. The van der Waals surface area contributed by atoms with Crippen LogP contribution in [0, 0.1) is 16.0 Å². The van der Waals surface area contributed by atoms with Gasteiger partial charge in [-0.05, 0) is 43.0 Å². The third-order valence-electron chi connectivity index (χ3n) is 3.44. The van der Waals surface area contributed by atoms with Crippen molar-refractivity contribution in [1.29, 1.82) is 0 Å². The van der Waals surface area contributed by atoms with Crippen LogP contribution in [0.25, 0.3) is 10.9 Å². The summed E-state index contributed by atoms with van der Waals surface area (Å²) < 4.78 is 0. The molecule has 6 nitrogen and oxygen atoms in total. The number of fused-ring (bicyclic) bond motifs is 1. The van der Waals surface area contributed by atoms with Crippen molar-refractivity contribution >= 4 is 22.3 Å². The van der Waals surface area contributed by atoms with Crippen LogP contribution in [0.5, 0.6) is 0 Å². The van der Waals surface area contributed by atoms with Crippen LogP contribution >= 0.6 is 0 Å². The van der Waals surface area contributed by atoms with E-state index in [0.29, 0.717) is 23.1 Å². The fourth-order valence-corrected chi connectivity index (χ4v) is 2.24. The van der Waals surface area contributed by atoms with E-state index in [9.17, 15) is 10.1 Å². The molecule has 1 atom stereocenters. The standard InChI is InChI=1S/C15H19N3O3/c1-11(10-19)4-2-8-17-14-7-6-13-12(5-3-9-16-13)15(14)18(20)21/h3,5-7,9,11,17,19H,2,4,8,10H2,1H3. The molecule has 0 saturated carbocycles. The van der Waals surface area contributed by atoms with Crippen molar-refractivity contribution in [3.8, 4) is 0 Å². The van der Waals surface area contributed by atoms with Gasteiger partial charge >= 0.3 is 5.69 Å². The average Bonchev–Trinajstić information content (AvgIpc) is 2.50. The van der Waals surface area contributed by atoms with Crippen LogP contribution in [0.3, 0.4) is 0 Å². The van der Waals surface area contributed by atoms with Crippen molar-refractivity contribution in [3.63, 3.8) is 0 Å². The van der Waals surface area contributed by atoms with Crippen molar-refractivity contribution in [1.82, 2.24) is 4.98 Å². The molecule has 2 aromatic rings. The smallest absolute Gasteiger partial charge is 0.301 e. The number of nitrogens with zero attached hydrogens (tertiary/aromatic N) is 2. The number of nitrogens with one attached hydrogen (secondary N) is 1.